The van der Waals surface area contributed by atoms with Gasteiger partial charge in [0, 0.05) is 15.9 Å². The van der Waals surface area contributed by atoms with Crippen molar-refractivity contribution in [1.29, 1.82) is 5.26 Å². The molecule has 108 valence electrons. The van der Waals surface area contributed by atoms with Crippen LogP contribution in [0.3, 0.4) is 0 Å². The Kier molecular flexibility index (Phi) is 3.73. The number of hydrogen-bond acceptors (Lipinski definition) is 3. The van der Waals surface area contributed by atoms with Gasteiger partial charge >= 0.3 is 0 Å². The van der Waals surface area contributed by atoms with Gasteiger partial charge in [-0.3, -0.25) is 0 Å². The van der Waals surface area contributed by atoms with Crippen molar-refractivity contribution < 1.29 is 0 Å². The number of nitrogen functional groups attached to an aromatic ring is 1. The van der Waals surface area contributed by atoms with Gasteiger partial charge in [-0.05, 0) is 24.8 Å². The normalized spacial score (nSPS) is 16.8. The summed E-state index contributed by atoms with van der Waals surface area (Å²) in [4.78, 5) is 2.01. The summed E-state index contributed by atoms with van der Waals surface area (Å²) in [6.07, 6.45) is 6.11. The first-order valence-corrected chi connectivity index (χ1v) is 8.42. The molecule has 1 aromatic carbocycles. The summed E-state index contributed by atoms with van der Waals surface area (Å²) in [5.74, 6) is 0. The highest BCUT2D eigenvalue weighted by Gasteiger charge is 2.38. The van der Waals surface area contributed by atoms with Crippen LogP contribution in [0.5, 0.6) is 0 Å². The summed E-state index contributed by atoms with van der Waals surface area (Å²) in [6.45, 7) is 2.27. The Morgan fingerprint density at radius 3 is 2.48 bits per heavy atom. The number of thiophene rings is 1. The highest BCUT2D eigenvalue weighted by atomic mass is 32.1. The molecule has 1 aromatic heterocycles. The molecule has 1 heterocycles. The van der Waals surface area contributed by atoms with Gasteiger partial charge in [-0.2, -0.15) is 5.26 Å². The van der Waals surface area contributed by atoms with Gasteiger partial charge in [0.05, 0.1) is 5.69 Å². The molecule has 1 fully saturated rings. The first-order valence-electron chi connectivity index (χ1n) is 7.60. The van der Waals surface area contributed by atoms with Crippen LogP contribution in [0.1, 0.15) is 48.8 Å². The van der Waals surface area contributed by atoms with Gasteiger partial charge in [-0.1, -0.05) is 50.1 Å². The second-order valence-corrected chi connectivity index (χ2v) is 6.89. The zero-order chi connectivity index (χ0) is 14.9. The Labute approximate surface area is 130 Å². The van der Waals surface area contributed by atoms with Crippen LogP contribution in [0.25, 0.3) is 11.1 Å². The Morgan fingerprint density at radius 2 is 1.90 bits per heavy atom. The van der Waals surface area contributed by atoms with E-state index < -0.39 is 0 Å². The Morgan fingerprint density at radius 1 is 1.24 bits per heavy atom. The van der Waals surface area contributed by atoms with Gasteiger partial charge in [0.2, 0.25) is 0 Å². The van der Waals surface area contributed by atoms with Crippen LogP contribution in [0.4, 0.5) is 5.69 Å². The third kappa shape index (κ3) is 2.24. The molecule has 0 saturated heterocycles. The van der Waals surface area contributed by atoms with Gasteiger partial charge in [-0.15, -0.1) is 11.3 Å². The summed E-state index contributed by atoms with van der Waals surface area (Å²) >= 11 is 1.62. The maximum absolute atomic E-state index is 9.38. The second-order valence-electron chi connectivity index (χ2n) is 5.87. The van der Waals surface area contributed by atoms with Crippen LogP contribution >= 0.6 is 11.3 Å². The molecule has 21 heavy (non-hydrogen) atoms. The number of nitrogens with two attached hydrogens (primary N) is 1. The van der Waals surface area contributed by atoms with Gasteiger partial charge in [-0.25, -0.2) is 0 Å². The van der Waals surface area contributed by atoms with Crippen molar-refractivity contribution in [3.63, 3.8) is 0 Å². The third-order valence-corrected chi connectivity index (χ3v) is 6.18. The van der Waals surface area contributed by atoms with E-state index in [-0.39, 0.29) is 5.41 Å². The predicted molar refractivity (Wildman–Crippen MR) is 89.3 cm³/mol. The number of nitrogens with zero attached hydrogens (tertiary/aromatic N) is 1. The fourth-order valence-corrected chi connectivity index (χ4v) is 4.94. The third-order valence-electron chi connectivity index (χ3n) is 4.83. The number of anilines is 1. The van der Waals surface area contributed by atoms with Crippen molar-refractivity contribution in [2.45, 2.75) is 44.4 Å². The van der Waals surface area contributed by atoms with Crippen LogP contribution in [0.15, 0.2) is 30.3 Å². The van der Waals surface area contributed by atoms with E-state index in [0.29, 0.717) is 10.6 Å². The molecular weight excluding hydrogens is 276 g/mol. The van der Waals surface area contributed by atoms with E-state index in [2.05, 4.69) is 25.1 Å². The van der Waals surface area contributed by atoms with Crippen molar-refractivity contribution in [2.24, 2.45) is 0 Å². The first kappa shape index (κ1) is 14.2. The summed E-state index contributed by atoms with van der Waals surface area (Å²) in [6, 6.07) is 12.6. The topological polar surface area (TPSA) is 49.8 Å². The van der Waals surface area contributed by atoms with Crippen LogP contribution in [-0.2, 0) is 5.41 Å². The Hall–Kier alpha value is -1.79. The molecule has 2 aromatic rings. The molecule has 0 bridgehead atoms. The molecule has 3 rings (SSSR count). The average Bonchev–Trinajstić information content (AvgIpc) is 3.13. The van der Waals surface area contributed by atoms with Crippen LogP contribution in [0, 0.1) is 11.3 Å². The maximum atomic E-state index is 9.38. The molecule has 0 atom stereocenters. The summed E-state index contributed by atoms with van der Waals surface area (Å²) in [7, 11) is 0. The van der Waals surface area contributed by atoms with E-state index in [0.717, 1.165) is 17.5 Å². The van der Waals surface area contributed by atoms with E-state index in [1.807, 2.05) is 18.2 Å². The first-order chi connectivity index (χ1) is 10.2. The van der Waals surface area contributed by atoms with Crippen LogP contribution in [0.2, 0.25) is 0 Å². The molecule has 0 spiro atoms. The minimum absolute atomic E-state index is 0.221. The quantitative estimate of drug-likeness (QED) is 0.857. The lowest BCUT2D eigenvalue weighted by molar-refractivity contribution is 0.435. The molecule has 3 heteroatoms. The molecule has 2 nitrogen and oxygen atoms in total. The minimum atomic E-state index is 0.221. The largest absolute Gasteiger partial charge is 0.396 e. The molecule has 0 aliphatic heterocycles. The summed E-state index contributed by atoms with van der Waals surface area (Å²) in [5, 5.41) is 9.38. The van der Waals surface area contributed by atoms with Crippen molar-refractivity contribution in [3.05, 3.63) is 40.1 Å². The van der Waals surface area contributed by atoms with Crippen LogP contribution in [-0.4, -0.2) is 0 Å². The van der Waals surface area contributed by atoms with E-state index in [1.54, 1.807) is 11.3 Å². The molecule has 2 N–H and O–H groups in total. The smallest absolute Gasteiger partial charge is 0.128 e. The van der Waals surface area contributed by atoms with Gasteiger partial charge in [0.1, 0.15) is 10.9 Å². The van der Waals surface area contributed by atoms with Gasteiger partial charge < -0.3 is 5.73 Å². The molecule has 1 saturated carbocycles. The summed E-state index contributed by atoms with van der Waals surface area (Å²) in [5.41, 5.74) is 9.46. The van der Waals surface area contributed by atoms with E-state index in [9.17, 15) is 5.26 Å². The second kappa shape index (κ2) is 5.54. The predicted octanol–water partition coefficient (Wildman–Crippen LogP) is 5.09. The highest BCUT2D eigenvalue weighted by molar-refractivity contribution is 7.14. The molecular formula is C18H20N2S. The lowest BCUT2D eigenvalue weighted by atomic mass is 9.79. The van der Waals surface area contributed by atoms with E-state index in [4.69, 9.17) is 5.73 Å². The molecule has 0 amide bonds. The summed E-state index contributed by atoms with van der Waals surface area (Å²) < 4.78 is 0. The monoisotopic (exact) mass is 296 g/mol. The zero-order valence-corrected chi connectivity index (χ0v) is 13.2. The van der Waals surface area contributed by atoms with Crippen molar-refractivity contribution in [2.75, 3.05) is 5.73 Å². The molecule has 1 aliphatic rings. The lowest BCUT2D eigenvalue weighted by Gasteiger charge is -2.28. The number of benzene rings is 1. The van der Waals surface area contributed by atoms with Crippen molar-refractivity contribution in [3.8, 4) is 17.2 Å². The van der Waals surface area contributed by atoms with Gasteiger partial charge in [0.15, 0.2) is 0 Å². The Bertz CT molecular complexity index is 673. The number of rotatable bonds is 3. The SMILES string of the molecule is CCC1(c2sc(C#N)c(N)c2-c2ccccc2)CCCC1. The Balaban J connectivity index is 2.24. The molecule has 0 radical (unpaired) electrons. The van der Waals surface area contributed by atoms with E-state index in [1.165, 1.54) is 30.6 Å². The fraction of sp³-hybridized carbons (Fsp3) is 0.389. The molecule has 1 aliphatic carbocycles. The lowest BCUT2D eigenvalue weighted by Crippen LogP contribution is -2.20. The van der Waals surface area contributed by atoms with Gasteiger partial charge in [0.25, 0.3) is 0 Å². The maximum Gasteiger partial charge on any atom is 0.128 e. The van der Waals surface area contributed by atoms with Crippen LogP contribution < -0.4 is 5.73 Å². The van der Waals surface area contributed by atoms with E-state index >= 15 is 0 Å². The number of nitriles is 1. The minimum Gasteiger partial charge on any atom is -0.396 e. The standard InChI is InChI=1S/C18H20N2S/c1-2-18(10-6-7-11-18)17-15(13-8-4-3-5-9-13)16(20)14(12-19)21-17/h3-5,8-9H,2,6-7,10-11,20H2,1H3. The zero-order valence-electron chi connectivity index (χ0n) is 12.4. The van der Waals surface area contributed by atoms with Crippen molar-refractivity contribution in [1.82, 2.24) is 0 Å². The average molecular weight is 296 g/mol. The fourth-order valence-electron chi connectivity index (χ4n) is 3.58. The highest BCUT2D eigenvalue weighted by Crippen LogP contribution is 2.52. The molecule has 0 unspecified atom stereocenters. The number of hydrogen-bond donors (Lipinski definition) is 1. The van der Waals surface area contributed by atoms with Crippen molar-refractivity contribution >= 4 is 17.0 Å².